The lowest BCUT2D eigenvalue weighted by molar-refractivity contribution is 0.0672. The number of para-hydroxylation sites is 1. The molecule has 5 heteroatoms. The number of carbonyl (C=O) groups is 1. The number of hydrazine groups is 1. The van der Waals surface area contributed by atoms with Crippen LogP contribution in [0.3, 0.4) is 0 Å². The molecule has 5 nitrogen and oxygen atoms in total. The number of benzene rings is 2. The molecule has 5 rings (SSSR count). The van der Waals surface area contributed by atoms with Crippen LogP contribution in [0, 0.1) is 18.8 Å². The number of likely N-dealkylation sites (tertiary alicyclic amines) is 1. The van der Waals surface area contributed by atoms with Gasteiger partial charge in [0.25, 0.3) is 5.91 Å². The first-order chi connectivity index (χ1) is 16.2. The van der Waals surface area contributed by atoms with Gasteiger partial charge in [0.15, 0.2) is 0 Å². The van der Waals surface area contributed by atoms with Crippen molar-refractivity contribution in [3.8, 4) is 0 Å². The van der Waals surface area contributed by atoms with Gasteiger partial charge in [-0.05, 0) is 62.4 Å². The van der Waals surface area contributed by atoms with Crippen LogP contribution < -0.4 is 5.43 Å². The number of aryl methyl sites for hydroxylation is 1. The predicted molar refractivity (Wildman–Crippen MR) is 134 cm³/mol. The first-order valence-corrected chi connectivity index (χ1v) is 12.4. The number of nitrogens with one attached hydrogen (secondary N) is 1. The lowest BCUT2D eigenvalue weighted by Crippen LogP contribution is -2.47. The molecule has 3 aromatic rings. The van der Waals surface area contributed by atoms with Gasteiger partial charge in [-0.3, -0.25) is 20.2 Å². The fourth-order valence-electron chi connectivity index (χ4n) is 5.61. The van der Waals surface area contributed by atoms with Crippen LogP contribution in [-0.2, 0) is 0 Å². The Labute approximate surface area is 196 Å². The standard InChI is InChI=1S/C28H34N4O/c1-21-19-27(25-13-7-8-14-26(25)29-21)30-32(28(33)23-10-3-2-4-11-23)18-17-31-16-15-22-9-5-6-12-24(22)20-31/h2-4,7-8,10-11,13-14,19,22,24H,5-6,9,12,15-18,20H2,1H3,(H,29,30)/t22-,24+/m1/s1. The third-order valence-electron chi connectivity index (χ3n) is 7.38. The molecule has 172 valence electrons. The van der Waals surface area contributed by atoms with Crippen LogP contribution in [0.4, 0.5) is 5.69 Å². The zero-order valence-electron chi connectivity index (χ0n) is 19.5. The normalized spacial score (nSPS) is 20.9. The van der Waals surface area contributed by atoms with Crippen molar-refractivity contribution in [1.29, 1.82) is 0 Å². The lowest BCUT2D eigenvalue weighted by Gasteiger charge is -2.41. The number of fused-ring (bicyclic) bond motifs is 2. The van der Waals surface area contributed by atoms with Gasteiger partial charge in [0, 0.05) is 29.7 Å². The lowest BCUT2D eigenvalue weighted by atomic mass is 9.75. The van der Waals surface area contributed by atoms with Gasteiger partial charge in [-0.2, -0.15) is 0 Å². The van der Waals surface area contributed by atoms with E-state index in [-0.39, 0.29) is 5.91 Å². The number of rotatable bonds is 6. The van der Waals surface area contributed by atoms with Gasteiger partial charge in [-0.25, -0.2) is 0 Å². The summed E-state index contributed by atoms with van der Waals surface area (Å²) in [6.45, 7) is 5.84. The summed E-state index contributed by atoms with van der Waals surface area (Å²) in [5.41, 5.74) is 6.97. The fourth-order valence-corrected chi connectivity index (χ4v) is 5.61. The van der Waals surface area contributed by atoms with Crippen LogP contribution in [-0.4, -0.2) is 47.0 Å². The van der Waals surface area contributed by atoms with E-state index < -0.39 is 0 Å². The van der Waals surface area contributed by atoms with Gasteiger partial charge < -0.3 is 4.90 Å². The predicted octanol–water partition coefficient (Wildman–Crippen LogP) is 5.52. The maximum Gasteiger partial charge on any atom is 0.272 e. The maximum absolute atomic E-state index is 13.5. The average Bonchev–Trinajstić information content (AvgIpc) is 2.86. The van der Waals surface area contributed by atoms with Gasteiger partial charge >= 0.3 is 0 Å². The summed E-state index contributed by atoms with van der Waals surface area (Å²) in [5, 5.41) is 2.82. The number of aromatic nitrogens is 1. The van der Waals surface area contributed by atoms with Crippen molar-refractivity contribution in [1.82, 2.24) is 14.9 Å². The molecule has 0 spiro atoms. The summed E-state index contributed by atoms with van der Waals surface area (Å²) in [7, 11) is 0. The van der Waals surface area contributed by atoms with Crippen molar-refractivity contribution < 1.29 is 4.79 Å². The topological polar surface area (TPSA) is 48.5 Å². The average molecular weight is 443 g/mol. The van der Waals surface area contributed by atoms with Crippen LogP contribution >= 0.6 is 0 Å². The van der Waals surface area contributed by atoms with E-state index in [9.17, 15) is 4.79 Å². The number of carbonyl (C=O) groups excluding carboxylic acids is 1. The Morgan fingerprint density at radius 1 is 1.03 bits per heavy atom. The van der Waals surface area contributed by atoms with Gasteiger partial charge in [0.2, 0.25) is 0 Å². The summed E-state index contributed by atoms with van der Waals surface area (Å²) in [5.74, 6) is 1.76. The van der Waals surface area contributed by atoms with Crippen molar-refractivity contribution in [2.45, 2.75) is 39.0 Å². The van der Waals surface area contributed by atoms with Crippen LogP contribution in [0.15, 0.2) is 60.7 Å². The highest BCUT2D eigenvalue weighted by molar-refractivity contribution is 5.97. The van der Waals surface area contributed by atoms with Gasteiger partial charge in [0.05, 0.1) is 17.7 Å². The van der Waals surface area contributed by atoms with E-state index in [1.165, 1.54) is 38.6 Å². The van der Waals surface area contributed by atoms with Gasteiger partial charge in [-0.1, -0.05) is 55.7 Å². The Bertz CT molecular complexity index is 1100. The van der Waals surface area contributed by atoms with Crippen molar-refractivity contribution in [2.24, 2.45) is 11.8 Å². The molecule has 1 saturated carbocycles. The van der Waals surface area contributed by atoms with Crippen LogP contribution in [0.5, 0.6) is 0 Å². The number of hydrogen-bond acceptors (Lipinski definition) is 4. The Balaban J connectivity index is 1.36. The quantitative estimate of drug-likeness (QED) is 0.510. The first kappa shape index (κ1) is 21.9. The van der Waals surface area contributed by atoms with E-state index in [1.807, 2.05) is 61.5 Å². The number of nitrogens with zero attached hydrogens (tertiary/aromatic N) is 3. The highest BCUT2D eigenvalue weighted by atomic mass is 16.2. The number of anilines is 1. The van der Waals surface area contributed by atoms with E-state index >= 15 is 0 Å². The molecule has 0 unspecified atom stereocenters. The number of pyridine rings is 1. The Hall–Kier alpha value is -2.92. The second-order valence-corrected chi connectivity index (χ2v) is 9.66. The molecule has 1 N–H and O–H groups in total. The number of piperidine rings is 1. The monoisotopic (exact) mass is 442 g/mol. The molecule has 0 bridgehead atoms. The van der Waals surface area contributed by atoms with Crippen molar-refractivity contribution in [3.63, 3.8) is 0 Å². The molecule has 2 atom stereocenters. The van der Waals surface area contributed by atoms with Gasteiger partial charge in [-0.15, -0.1) is 0 Å². The SMILES string of the molecule is Cc1cc(NN(CCN2CC[C@H]3CCCC[C@H]3C2)C(=O)c2ccccc2)c2ccccc2n1. The largest absolute Gasteiger partial charge is 0.301 e. The summed E-state index contributed by atoms with van der Waals surface area (Å²) >= 11 is 0. The molecule has 2 heterocycles. The molecule has 2 aliphatic rings. The second kappa shape index (κ2) is 9.92. The molecule has 1 aliphatic carbocycles. The zero-order valence-corrected chi connectivity index (χ0v) is 19.5. The van der Waals surface area contributed by atoms with Crippen molar-refractivity contribution in [2.75, 3.05) is 31.6 Å². The van der Waals surface area contributed by atoms with Crippen LogP contribution in [0.1, 0.15) is 48.2 Å². The summed E-state index contributed by atoms with van der Waals surface area (Å²) in [6.07, 6.45) is 6.87. The van der Waals surface area contributed by atoms with E-state index in [0.717, 1.165) is 47.2 Å². The highest BCUT2D eigenvalue weighted by Gasteiger charge is 2.31. The molecule has 0 radical (unpaired) electrons. The van der Waals surface area contributed by atoms with E-state index in [2.05, 4.69) is 21.4 Å². The van der Waals surface area contributed by atoms with Crippen LogP contribution in [0.2, 0.25) is 0 Å². The molecule has 1 amide bonds. The second-order valence-electron chi connectivity index (χ2n) is 9.66. The maximum atomic E-state index is 13.5. The third-order valence-corrected chi connectivity index (χ3v) is 7.38. The summed E-state index contributed by atoms with van der Waals surface area (Å²) in [6, 6.07) is 19.7. The third kappa shape index (κ3) is 5.03. The molecule has 2 aromatic carbocycles. The summed E-state index contributed by atoms with van der Waals surface area (Å²) < 4.78 is 0. The van der Waals surface area contributed by atoms with E-state index in [0.29, 0.717) is 12.1 Å². The molecule has 1 aliphatic heterocycles. The molecule has 1 aromatic heterocycles. The van der Waals surface area contributed by atoms with E-state index in [1.54, 1.807) is 5.01 Å². The molecular weight excluding hydrogens is 408 g/mol. The minimum Gasteiger partial charge on any atom is -0.301 e. The van der Waals surface area contributed by atoms with E-state index in [4.69, 9.17) is 0 Å². The summed E-state index contributed by atoms with van der Waals surface area (Å²) in [4.78, 5) is 20.7. The molecule has 33 heavy (non-hydrogen) atoms. The van der Waals surface area contributed by atoms with Crippen molar-refractivity contribution in [3.05, 3.63) is 71.9 Å². The van der Waals surface area contributed by atoms with Crippen molar-refractivity contribution >= 4 is 22.5 Å². The minimum atomic E-state index is 0.00157. The highest BCUT2D eigenvalue weighted by Crippen LogP contribution is 2.36. The molecular formula is C28H34N4O. The van der Waals surface area contributed by atoms with Crippen LogP contribution in [0.25, 0.3) is 10.9 Å². The Morgan fingerprint density at radius 3 is 2.64 bits per heavy atom. The number of hydrogen-bond donors (Lipinski definition) is 1. The first-order valence-electron chi connectivity index (χ1n) is 12.4. The molecule has 2 fully saturated rings. The Kier molecular flexibility index (Phi) is 6.58. The number of amides is 1. The zero-order chi connectivity index (χ0) is 22.6. The fraction of sp³-hybridized carbons (Fsp3) is 0.429. The smallest absolute Gasteiger partial charge is 0.272 e. The molecule has 1 saturated heterocycles. The Morgan fingerprint density at radius 2 is 1.79 bits per heavy atom. The minimum absolute atomic E-state index is 0.00157. The van der Waals surface area contributed by atoms with Gasteiger partial charge in [0.1, 0.15) is 0 Å².